The number of benzene rings is 1. The van der Waals surface area contributed by atoms with Gasteiger partial charge in [-0.1, -0.05) is 5.16 Å². The van der Waals surface area contributed by atoms with Crippen LogP contribution in [0.3, 0.4) is 0 Å². The molecule has 1 aromatic carbocycles. The molecule has 0 amide bonds. The van der Waals surface area contributed by atoms with Gasteiger partial charge in [0.2, 0.25) is 0 Å². The van der Waals surface area contributed by atoms with Gasteiger partial charge in [0.05, 0.1) is 7.11 Å². The van der Waals surface area contributed by atoms with Gasteiger partial charge in [-0.2, -0.15) is 0 Å². The monoisotopic (exact) mass is 244 g/mol. The van der Waals surface area contributed by atoms with Gasteiger partial charge in [0.1, 0.15) is 17.2 Å². The largest absolute Gasteiger partial charge is 0.497 e. The third-order valence-electron chi connectivity index (χ3n) is 3.44. The van der Waals surface area contributed by atoms with E-state index >= 15 is 0 Å². The van der Waals surface area contributed by atoms with E-state index in [1.165, 1.54) is 5.56 Å². The van der Waals surface area contributed by atoms with Crippen LogP contribution in [0, 0.1) is 0 Å². The molecule has 3 rings (SSSR count). The van der Waals surface area contributed by atoms with Crippen molar-refractivity contribution < 1.29 is 9.26 Å². The fourth-order valence-electron chi connectivity index (χ4n) is 2.41. The summed E-state index contributed by atoms with van der Waals surface area (Å²) in [5, 5.41) is 4.19. The summed E-state index contributed by atoms with van der Waals surface area (Å²) in [6, 6.07) is 8.07. The van der Waals surface area contributed by atoms with E-state index in [9.17, 15) is 0 Å². The standard InChI is InChI=1S/C14H16N2O2/c1-17-11-5-2-9(3-6-11)14-12-8-10(15)4-7-13(12)18-16-14/h2-3,5-6,10H,4,7-8,15H2,1H3/t10-/m0/s1. The van der Waals surface area contributed by atoms with E-state index in [0.29, 0.717) is 0 Å². The number of ether oxygens (including phenoxy) is 1. The minimum atomic E-state index is 0.217. The minimum absolute atomic E-state index is 0.217. The van der Waals surface area contributed by atoms with Crippen LogP contribution < -0.4 is 10.5 Å². The molecule has 0 bridgehead atoms. The van der Waals surface area contributed by atoms with Gasteiger partial charge in [0, 0.05) is 23.6 Å². The maximum atomic E-state index is 6.01. The molecular formula is C14H16N2O2. The average molecular weight is 244 g/mol. The Morgan fingerprint density at radius 2 is 2.11 bits per heavy atom. The van der Waals surface area contributed by atoms with Gasteiger partial charge in [-0.3, -0.25) is 0 Å². The van der Waals surface area contributed by atoms with Crippen molar-refractivity contribution in [2.24, 2.45) is 5.73 Å². The molecule has 0 saturated heterocycles. The molecule has 1 heterocycles. The molecule has 1 atom stereocenters. The summed E-state index contributed by atoms with van der Waals surface area (Å²) < 4.78 is 10.6. The maximum Gasteiger partial charge on any atom is 0.140 e. The van der Waals surface area contributed by atoms with Crippen LogP contribution in [-0.4, -0.2) is 18.3 Å². The molecule has 0 radical (unpaired) electrons. The zero-order valence-corrected chi connectivity index (χ0v) is 10.3. The summed E-state index contributed by atoms with van der Waals surface area (Å²) in [5.74, 6) is 1.83. The highest BCUT2D eigenvalue weighted by molar-refractivity contribution is 5.64. The van der Waals surface area contributed by atoms with Crippen molar-refractivity contribution in [3.8, 4) is 17.0 Å². The SMILES string of the molecule is COc1ccc(-c2noc3c2C[C@@H](N)CC3)cc1. The molecule has 1 aromatic heterocycles. The van der Waals surface area contributed by atoms with Crippen molar-refractivity contribution in [3.63, 3.8) is 0 Å². The molecule has 2 aromatic rings. The topological polar surface area (TPSA) is 61.3 Å². The number of aromatic nitrogens is 1. The zero-order valence-electron chi connectivity index (χ0n) is 10.3. The zero-order chi connectivity index (χ0) is 12.5. The quantitative estimate of drug-likeness (QED) is 0.879. The number of hydrogen-bond acceptors (Lipinski definition) is 4. The van der Waals surface area contributed by atoms with Gasteiger partial charge < -0.3 is 15.0 Å². The molecule has 0 fully saturated rings. The number of nitrogens with zero attached hydrogens (tertiary/aromatic N) is 1. The van der Waals surface area contributed by atoms with Crippen molar-refractivity contribution in [2.75, 3.05) is 7.11 Å². The first kappa shape index (κ1) is 11.3. The molecule has 4 heteroatoms. The Labute approximate surface area is 106 Å². The molecule has 0 unspecified atom stereocenters. The molecule has 2 N–H and O–H groups in total. The lowest BCUT2D eigenvalue weighted by atomic mass is 9.91. The van der Waals surface area contributed by atoms with Gasteiger partial charge in [0.15, 0.2) is 0 Å². The first-order valence-electron chi connectivity index (χ1n) is 6.15. The van der Waals surface area contributed by atoms with Crippen molar-refractivity contribution in [2.45, 2.75) is 25.3 Å². The summed E-state index contributed by atoms with van der Waals surface area (Å²) in [5.41, 5.74) is 9.15. The Balaban J connectivity index is 1.98. The fraction of sp³-hybridized carbons (Fsp3) is 0.357. The molecule has 0 saturated carbocycles. The summed E-state index contributed by atoms with van der Waals surface area (Å²) in [6.45, 7) is 0. The van der Waals surface area contributed by atoms with Gasteiger partial charge in [0.25, 0.3) is 0 Å². The molecule has 1 aliphatic carbocycles. The Bertz CT molecular complexity index is 545. The van der Waals surface area contributed by atoms with Crippen molar-refractivity contribution in [1.82, 2.24) is 5.16 Å². The highest BCUT2D eigenvalue weighted by atomic mass is 16.5. The molecule has 94 valence electrons. The van der Waals surface area contributed by atoms with Crippen molar-refractivity contribution in [3.05, 3.63) is 35.6 Å². The Kier molecular flexibility index (Phi) is 2.80. The predicted molar refractivity (Wildman–Crippen MR) is 68.5 cm³/mol. The van der Waals surface area contributed by atoms with E-state index in [2.05, 4.69) is 5.16 Å². The molecule has 0 spiro atoms. The van der Waals surface area contributed by atoms with E-state index in [0.717, 1.165) is 42.0 Å². The maximum absolute atomic E-state index is 6.01. The van der Waals surface area contributed by atoms with E-state index in [-0.39, 0.29) is 6.04 Å². The summed E-state index contributed by atoms with van der Waals surface area (Å²) >= 11 is 0. The van der Waals surface area contributed by atoms with Crippen molar-refractivity contribution >= 4 is 0 Å². The number of hydrogen-bond donors (Lipinski definition) is 1. The second-order valence-electron chi connectivity index (χ2n) is 4.66. The third kappa shape index (κ3) is 1.88. The van der Waals surface area contributed by atoms with Crippen LogP contribution in [0.1, 0.15) is 17.7 Å². The van der Waals surface area contributed by atoms with E-state index in [4.69, 9.17) is 15.0 Å². The van der Waals surface area contributed by atoms with E-state index in [1.807, 2.05) is 24.3 Å². The second kappa shape index (κ2) is 4.46. The van der Waals surface area contributed by atoms with Gasteiger partial charge in [-0.25, -0.2) is 0 Å². The highest BCUT2D eigenvalue weighted by Gasteiger charge is 2.24. The van der Waals surface area contributed by atoms with Crippen molar-refractivity contribution in [1.29, 1.82) is 0 Å². The van der Waals surface area contributed by atoms with Crippen LogP contribution in [0.4, 0.5) is 0 Å². The molecule has 1 aliphatic rings. The summed E-state index contributed by atoms with van der Waals surface area (Å²) in [6.07, 6.45) is 2.71. The van der Waals surface area contributed by atoms with Crippen LogP contribution in [0.5, 0.6) is 5.75 Å². The smallest absolute Gasteiger partial charge is 0.140 e. The number of methoxy groups -OCH3 is 1. The van der Waals surface area contributed by atoms with Crippen LogP contribution in [0.2, 0.25) is 0 Å². The lowest BCUT2D eigenvalue weighted by molar-refractivity contribution is 0.367. The van der Waals surface area contributed by atoms with Crippen LogP contribution in [0.15, 0.2) is 28.8 Å². The van der Waals surface area contributed by atoms with Crippen LogP contribution in [0.25, 0.3) is 11.3 Å². The van der Waals surface area contributed by atoms with E-state index < -0.39 is 0 Å². The predicted octanol–water partition coefficient (Wildman–Crippen LogP) is 2.17. The van der Waals surface area contributed by atoms with Gasteiger partial charge >= 0.3 is 0 Å². The molecule has 18 heavy (non-hydrogen) atoms. The van der Waals surface area contributed by atoms with Crippen LogP contribution in [-0.2, 0) is 12.8 Å². The Hall–Kier alpha value is -1.81. The minimum Gasteiger partial charge on any atom is -0.497 e. The third-order valence-corrected chi connectivity index (χ3v) is 3.44. The number of aryl methyl sites for hydroxylation is 1. The fourth-order valence-corrected chi connectivity index (χ4v) is 2.41. The summed E-state index contributed by atoms with van der Waals surface area (Å²) in [7, 11) is 1.66. The lowest BCUT2D eigenvalue weighted by Gasteiger charge is -2.16. The summed E-state index contributed by atoms with van der Waals surface area (Å²) in [4.78, 5) is 0. The Morgan fingerprint density at radius 1 is 1.33 bits per heavy atom. The second-order valence-corrected chi connectivity index (χ2v) is 4.66. The lowest BCUT2D eigenvalue weighted by Crippen LogP contribution is -2.27. The molecular weight excluding hydrogens is 228 g/mol. The normalized spacial score (nSPS) is 18.4. The average Bonchev–Trinajstić information content (AvgIpc) is 2.82. The number of nitrogens with two attached hydrogens (primary N) is 1. The van der Waals surface area contributed by atoms with Gasteiger partial charge in [-0.05, 0) is 37.1 Å². The first-order valence-corrected chi connectivity index (χ1v) is 6.15. The number of rotatable bonds is 2. The molecule has 0 aliphatic heterocycles. The van der Waals surface area contributed by atoms with Crippen LogP contribution >= 0.6 is 0 Å². The Morgan fingerprint density at radius 3 is 2.83 bits per heavy atom. The highest BCUT2D eigenvalue weighted by Crippen LogP contribution is 2.31. The van der Waals surface area contributed by atoms with Gasteiger partial charge in [-0.15, -0.1) is 0 Å². The molecule has 4 nitrogen and oxygen atoms in total. The number of fused-ring (bicyclic) bond motifs is 1. The first-order chi connectivity index (χ1) is 8.78. The van der Waals surface area contributed by atoms with E-state index in [1.54, 1.807) is 7.11 Å².